The molecule has 2 aliphatic carbocycles. The lowest BCUT2D eigenvalue weighted by molar-refractivity contribution is -0.131. The minimum Gasteiger partial charge on any atom is -0.322 e. The van der Waals surface area contributed by atoms with E-state index in [-0.39, 0.29) is 5.54 Å². The summed E-state index contributed by atoms with van der Waals surface area (Å²) in [6, 6.07) is 0.560. The van der Waals surface area contributed by atoms with Gasteiger partial charge in [-0.1, -0.05) is 20.3 Å². The summed E-state index contributed by atoms with van der Waals surface area (Å²) >= 11 is 0. The maximum absolute atomic E-state index is 12.4. The average molecular weight is 222 g/mol. The molecule has 3 heteroatoms. The van der Waals surface area contributed by atoms with E-state index in [1.165, 1.54) is 19.3 Å². The molecule has 3 aliphatic rings. The summed E-state index contributed by atoms with van der Waals surface area (Å²) < 4.78 is 0. The molecule has 3 unspecified atom stereocenters. The van der Waals surface area contributed by atoms with Gasteiger partial charge in [-0.2, -0.15) is 0 Å². The van der Waals surface area contributed by atoms with Gasteiger partial charge in [0.25, 0.3) is 0 Å². The normalized spacial score (nSPS) is 39.5. The predicted molar refractivity (Wildman–Crippen MR) is 62.8 cm³/mol. The van der Waals surface area contributed by atoms with Crippen LogP contribution in [-0.2, 0) is 4.79 Å². The van der Waals surface area contributed by atoms with Crippen molar-refractivity contribution < 1.29 is 4.79 Å². The molecule has 1 aliphatic heterocycles. The molecule has 90 valence electrons. The summed E-state index contributed by atoms with van der Waals surface area (Å²) in [6.45, 7) is 4.41. The zero-order valence-electron chi connectivity index (χ0n) is 10.3. The van der Waals surface area contributed by atoms with E-state index in [4.69, 9.17) is 0 Å². The fourth-order valence-corrected chi connectivity index (χ4v) is 3.26. The van der Waals surface area contributed by atoms with Crippen molar-refractivity contribution in [2.75, 3.05) is 0 Å². The van der Waals surface area contributed by atoms with Crippen molar-refractivity contribution in [2.24, 2.45) is 5.92 Å². The number of hydrogen-bond acceptors (Lipinski definition) is 2. The molecule has 16 heavy (non-hydrogen) atoms. The van der Waals surface area contributed by atoms with Gasteiger partial charge < -0.3 is 4.90 Å². The van der Waals surface area contributed by atoms with Gasteiger partial charge in [-0.25, -0.2) is 0 Å². The van der Waals surface area contributed by atoms with Gasteiger partial charge in [0.15, 0.2) is 0 Å². The summed E-state index contributed by atoms with van der Waals surface area (Å²) in [6.07, 6.45) is 7.27. The predicted octanol–water partition coefficient (Wildman–Crippen LogP) is 1.88. The number of amides is 1. The molecule has 0 radical (unpaired) electrons. The fraction of sp³-hybridized carbons (Fsp3) is 0.923. The topological polar surface area (TPSA) is 32.3 Å². The van der Waals surface area contributed by atoms with Crippen LogP contribution in [0.4, 0.5) is 0 Å². The van der Waals surface area contributed by atoms with Crippen LogP contribution < -0.4 is 5.32 Å². The van der Waals surface area contributed by atoms with Crippen molar-refractivity contribution in [1.82, 2.24) is 10.2 Å². The van der Waals surface area contributed by atoms with Gasteiger partial charge in [-0.3, -0.25) is 10.1 Å². The van der Waals surface area contributed by atoms with E-state index in [1.54, 1.807) is 0 Å². The Labute approximate surface area is 97.6 Å². The molecule has 1 N–H and O–H groups in total. The number of nitrogens with one attached hydrogen (secondary N) is 1. The molecule has 1 spiro atoms. The second kappa shape index (κ2) is 3.46. The van der Waals surface area contributed by atoms with Crippen LogP contribution in [0.2, 0.25) is 0 Å². The standard InChI is InChI=1S/C13H22N2O/c1-3-5-9-8-10(9)15-11(4-2)14-13(6-7-13)12(15)16/h9-11,14H,3-8H2,1-2H3. The van der Waals surface area contributed by atoms with E-state index in [0.717, 1.165) is 25.2 Å². The molecule has 1 amide bonds. The molecule has 1 saturated heterocycles. The van der Waals surface area contributed by atoms with E-state index in [9.17, 15) is 4.79 Å². The largest absolute Gasteiger partial charge is 0.322 e. The lowest BCUT2D eigenvalue weighted by Crippen LogP contribution is -2.39. The quantitative estimate of drug-likeness (QED) is 0.787. The van der Waals surface area contributed by atoms with Crippen LogP contribution in [0.15, 0.2) is 0 Å². The van der Waals surface area contributed by atoms with Crippen molar-refractivity contribution in [2.45, 2.75) is 70.1 Å². The van der Waals surface area contributed by atoms with Crippen LogP contribution in [0.25, 0.3) is 0 Å². The maximum Gasteiger partial charge on any atom is 0.244 e. The van der Waals surface area contributed by atoms with Crippen LogP contribution >= 0.6 is 0 Å². The van der Waals surface area contributed by atoms with Crippen molar-refractivity contribution in [3.05, 3.63) is 0 Å². The number of carbonyl (C=O) groups is 1. The van der Waals surface area contributed by atoms with Crippen LogP contribution in [0.3, 0.4) is 0 Å². The fourth-order valence-electron chi connectivity index (χ4n) is 3.26. The Hall–Kier alpha value is -0.570. The zero-order valence-corrected chi connectivity index (χ0v) is 10.3. The maximum atomic E-state index is 12.4. The molecule has 3 rings (SSSR count). The van der Waals surface area contributed by atoms with Crippen LogP contribution in [-0.4, -0.2) is 28.6 Å². The second-order valence-electron chi connectivity index (χ2n) is 5.71. The molecular weight excluding hydrogens is 200 g/mol. The molecule has 3 fully saturated rings. The van der Waals surface area contributed by atoms with Gasteiger partial charge in [-0.05, 0) is 38.0 Å². The second-order valence-corrected chi connectivity index (χ2v) is 5.71. The van der Waals surface area contributed by atoms with Gasteiger partial charge in [0.1, 0.15) is 0 Å². The Morgan fingerprint density at radius 2 is 2.19 bits per heavy atom. The van der Waals surface area contributed by atoms with Crippen LogP contribution in [0, 0.1) is 5.92 Å². The Bertz CT molecular complexity index is 311. The van der Waals surface area contributed by atoms with E-state index in [1.807, 2.05) is 0 Å². The number of hydrogen-bond donors (Lipinski definition) is 1. The van der Waals surface area contributed by atoms with Gasteiger partial charge >= 0.3 is 0 Å². The summed E-state index contributed by atoms with van der Waals surface area (Å²) in [5.41, 5.74) is -0.111. The Morgan fingerprint density at radius 3 is 2.75 bits per heavy atom. The third kappa shape index (κ3) is 1.41. The summed E-state index contributed by atoms with van der Waals surface area (Å²) in [7, 11) is 0. The first kappa shape index (κ1) is 10.6. The summed E-state index contributed by atoms with van der Waals surface area (Å²) in [5.74, 6) is 1.20. The molecular formula is C13H22N2O. The number of nitrogens with zero attached hydrogens (tertiary/aromatic N) is 1. The van der Waals surface area contributed by atoms with Gasteiger partial charge in [0.2, 0.25) is 5.91 Å². The van der Waals surface area contributed by atoms with Crippen molar-refractivity contribution >= 4 is 5.91 Å². The van der Waals surface area contributed by atoms with E-state index >= 15 is 0 Å². The minimum absolute atomic E-state index is 0.111. The molecule has 3 nitrogen and oxygen atoms in total. The average Bonchev–Trinajstić information content (AvgIpc) is 3.14. The van der Waals surface area contributed by atoms with Crippen LogP contribution in [0.5, 0.6) is 0 Å². The molecule has 0 aromatic rings. The van der Waals surface area contributed by atoms with Gasteiger partial charge in [0, 0.05) is 6.04 Å². The van der Waals surface area contributed by atoms with Gasteiger partial charge in [0.05, 0.1) is 11.7 Å². The highest BCUT2D eigenvalue weighted by molar-refractivity contribution is 5.92. The highest BCUT2D eigenvalue weighted by Crippen LogP contribution is 2.49. The lowest BCUT2D eigenvalue weighted by atomic mass is 10.2. The van der Waals surface area contributed by atoms with Crippen molar-refractivity contribution in [1.29, 1.82) is 0 Å². The first-order chi connectivity index (χ1) is 7.72. The molecule has 0 aromatic heterocycles. The Kier molecular flexibility index (Phi) is 2.29. The SMILES string of the molecule is CCCC1CC1N1C(=O)C2(CC2)NC1CC. The smallest absolute Gasteiger partial charge is 0.244 e. The Balaban J connectivity index is 1.71. The van der Waals surface area contributed by atoms with E-state index in [0.29, 0.717) is 18.1 Å². The third-order valence-corrected chi connectivity index (χ3v) is 4.46. The van der Waals surface area contributed by atoms with Crippen molar-refractivity contribution in [3.8, 4) is 0 Å². The van der Waals surface area contributed by atoms with Crippen LogP contribution in [0.1, 0.15) is 52.4 Å². The highest BCUT2D eigenvalue weighted by Gasteiger charge is 2.62. The monoisotopic (exact) mass is 222 g/mol. The molecule has 2 saturated carbocycles. The molecule has 3 atom stereocenters. The number of carbonyl (C=O) groups excluding carboxylic acids is 1. The lowest BCUT2D eigenvalue weighted by Gasteiger charge is -2.23. The first-order valence-corrected chi connectivity index (χ1v) is 6.82. The third-order valence-electron chi connectivity index (χ3n) is 4.46. The Morgan fingerprint density at radius 1 is 1.44 bits per heavy atom. The minimum atomic E-state index is -0.111. The summed E-state index contributed by atoms with van der Waals surface area (Å²) in [4.78, 5) is 14.5. The van der Waals surface area contributed by atoms with E-state index < -0.39 is 0 Å². The molecule has 1 heterocycles. The number of rotatable bonds is 4. The van der Waals surface area contributed by atoms with Crippen molar-refractivity contribution in [3.63, 3.8) is 0 Å². The van der Waals surface area contributed by atoms with Gasteiger partial charge in [-0.15, -0.1) is 0 Å². The molecule has 0 bridgehead atoms. The first-order valence-electron chi connectivity index (χ1n) is 6.82. The zero-order chi connectivity index (χ0) is 11.3. The summed E-state index contributed by atoms with van der Waals surface area (Å²) in [5, 5.41) is 3.55. The molecule has 0 aromatic carbocycles. The highest BCUT2D eigenvalue weighted by atomic mass is 16.2. The van der Waals surface area contributed by atoms with E-state index in [2.05, 4.69) is 24.1 Å².